The molecule has 16 heavy (non-hydrogen) atoms. The Kier molecular flexibility index (Phi) is 2.40. The van der Waals surface area contributed by atoms with E-state index in [4.69, 9.17) is 4.42 Å². The van der Waals surface area contributed by atoms with Crippen molar-refractivity contribution in [3.05, 3.63) is 29.7 Å². The van der Waals surface area contributed by atoms with Crippen LogP contribution in [0.1, 0.15) is 30.2 Å². The van der Waals surface area contributed by atoms with Crippen LogP contribution < -0.4 is 5.32 Å². The molecular weight excluding hydrogens is 200 g/mol. The number of piperidine rings is 1. The van der Waals surface area contributed by atoms with Crippen LogP contribution in [0.25, 0.3) is 11.1 Å². The Balaban J connectivity index is 1.97. The average Bonchev–Trinajstić information content (AvgIpc) is 2.69. The van der Waals surface area contributed by atoms with E-state index in [9.17, 15) is 0 Å². The topological polar surface area (TPSA) is 38.1 Å². The minimum Gasteiger partial charge on any atom is -0.441 e. The molecule has 1 aliphatic heterocycles. The summed E-state index contributed by atoms with van der Waals surface area (Å²) in [6.07, 6.45) is 2.44. The van der Waals surface area contributed by atoms with Crippen LogP contribution in [-0.4, -0.2) is 18.1 Å². The van der Waals surface area contributed by atoms with E-state index in [1.807, 2.05) is 6.92 Å². The Hall–Kier alpha value is -1.35. The first kappa shape index (κ1) is 9.85. The predicted octanol–water partition coefficient (Wildman–Crippen LogP) is 2.60. The fourth-order valence-corrected chi connectivity index (χ4v) is 2.47. The Morgan fingerprint density at radius 1 is 1.31 bits per heavy atom. The molecule has 2 aromatic rings. The third-order valence-corrected chi connectivity index (χ3v) is 3.33. The van der Waals surface area contributed by atoms with E-state index in [2.05, 4.69) is 28.5 Å². The van der Waals surface area contributed by atoms with Gasteiger partial charge < -0.3 is 9.73 Å². The number of hydrogen-bond acceptors (Lipinski definition) is 3. The van der Waals surface area contributed by atoms with E-state index < -0.39 is 0 Å². The van der Waals surface area contributed by atoms with Crippen LogP contribution >= 0.6 is 0 Å². The number of nitrogens with one attached hydrogen (secondary N) is 1. The van der Waals surface area contributed by atoms with Crippen molar-refractivity contribution in [3.63, 3.8) is 0 Å². The molecule has 0 spiro atoms. The molecule has 1 saturated heterocycles. The molecule has 1 aromatic carbocycles. The van der Waals surface area contributed by atoms with Gasteiger partial charge in [0.15, 0.2) is 11.5 Å². The molecule has 0 aliphatic carbocycles. The SMILES string of the molecule is Cc1nc2ccc(C3CCNCC3)cc2o1. The zero-order valence-corrected chi connectivity index (χ0v) is 9.49. The van der Waals surface area contributed by atoms with E-state index in [1.54, 1.807) is 0 Å². The van der Waals surface area contributed by atoms with E-state index in [0.29, 0.717) is 5.92 Å². The van der Waals surface area contributed by atoms with Gasteiger partial charge in [0.2, 0.25) is 0 Å². The van der Waals surface area contributed by atoms with Crippen LogP contribution in [0.2, 0.25) is 0 Å². The Bertz CT molecular complexity index is 498. The zero-order chi connectivity index (χ0) is 11.0. The molecule has 3 heteroatoms. The van der Waals surface area contributed by atoms with Crippen LogP contribution in [0.4, 0.5) is 0 Å². The zero-order valence-electron chi connectivity index (χ0n) is 9.49. The Morgan fingerprint density at radius 3 is 2.94 bits per heavy atom. The third-order valence-electron chi connectivity index (χ3n) is 3.33. The van der Waals surface area contributed by atoms with Crippen molar-refractivity contribution >= 4 is 11.1 Å². The van der Waals surface area contributed by atoms with E-state index in [-0.39, 0.29) is 0 Å². The maximum atomic E-state index is 5.57. The van der Waals surface area contributed by atoms with Crippen molar-refractivity contribution in [1.82, 2.24) is 10.3 Å². The summed E-state index contributed by atoms with van der Waals surface area (Å²) in [6.45, 7) is 4.14. The van der Waals surface area contributed by atoms with Crippen LogP contribution in [-0.2, 0) is 0 Å². The summed E-state index contributed by atoms with van der Waals surface area (Å²) in [5.74, 6) is 1.42. The molecule has 2 heterocycles. The summed E-state index contributed by atoms with van der Waals surface area (Å²) in [5, 5.41) is 3.39. The monoisotopic (exact) mass is 216 g/mol. The van der Waals surface area contributed by atoms with Crippen LogP contribution in [0.3, 0.4) is 0 Å². The van der Waals surface area contributed by atoms with Gasteiger partial charge in [0, 0.05) is 6.92 Å². The highest BCUT2D eigenvalue weighted by atomic mass is 16.3. The Morgan fingerprint density at radius 2 is 2.12 bits per heavy atom. The number of nitrogens with zero attached hydrogens (tertiary/aromatic N) is 1. The fraction of sp³-hybridized carbons (Fsp3) is 0.462. The molecular formula is C13H16N2O. The van der Waals surface area contributed by atoms with Gasteiger partial charge in [-0.1, -0.05) is 6.07 Å². The highest BCUT2D eigenvalue weighted by Crippen LogP contribution is 2.28. The smallest absolute Gasteiger partial charge is 0.192 e. The molecule has 1 aliphatic rings. The van der Waals surface area contributed by atoms with Gasteiger partial charge in [0.05, 0.1) is 0 Å². The fourth-order valence-electron chi connectivity index (χ4n) is 2.47. The molecule has 1 N–H and O–H groups in total. The van der Waals surface area contributed by atoms with Crippen LogP contribution in [0, 0.1) is 6.92 Å². The summed E-state index contributed by atoms with van der Waals surface area (Å²) in [6, 6.07) is 6.43. The van der Waals surface area contributed by atoms with Gasteiger partial charge in [0.25, 0.3) is 0 Å². The van der Waals surface area contributed by atoms with Gasteiger partial charge in [0.1, 0.15) is 5.52 Å². The van der Waals surface area contributed by atoms with Crippen molar-refractivity contribution in [2.45, 2.75) is 25.7 Å². The number of benzene rings is 1. The van der Waals surface area contributed by atoms with Gasteiger partial charge in [-0.05, 0) is 49.5 Å². The molecule has 84 valence electrons. The largest absolute Gasteiger partial charge is 0.441 e. The molecule has 0 radical (unpaired) electrons. The molecule has 0 saturated carbocycles. The summed E-state index contributed by atoms with van der Waals surface area (Å²) in [4.78, 5) is 4.32. The standard InChI is InChI=1S/C13H16N2O/c1-9-15-12-3-2-11(8-13(12)16-9)10-4-6-14-7-5-10/h2-3,8,10,14H,4-7H2,1H3. The first-order valence-electron chi connectivity index (χ1n) is 5.91. The summed E-state index contributed by atoms with van der Waals surface area (Å²) in [5.41, 5.74) is 3.29. The lowest BCUT2D eigenvalue weighted by Gasteiger charge is -2.22. The number of aromatic nitrogens is 1. The maximum absolute atomic E-state index is 5.57. The lowest BCUT2D eigenvalue weighted by atomic mass is 9.90. The van der Waals surface area contributed by atoms with E-state index in [1.165, 1.54) is 18.4 Å². The van der Waals surface area contributed by atoms with Crippen molar-refractivity contribution in [1.29, 1.82) is 0 Å². The van der Waals surface area contributed by atoms with Gasteiger partial charge in [-0.15, -0.1) is 0 Å². The van der Waals surface area contributed by atoms with Gasteiger partial charge in [-0.25, -0.2) is 4.98 Å². The first-order valence-corrected chi connectivity index (χ1v) is 5.91. The van der Waals surface area contributed by atoms with E-state index >= 15 is 0 Å². The van der Waals surface area contributed by atoms with Gasteiger partial charge >= 0.3 is 0 Å². The maximum Gasteiger partial charge on any atom is 0.192 e. The number of rotatable bonds is 1. The van der Waals surface area contributed by atoms with E-state index in [0.717, 1.165) is 30.1 Å². The lowest BCUT2D eigenvalue weighted by Crippen LogP contribution is -2.26. The second kappa shape index (κ2) is 3.91. The third kappa shape index (κ3) is 1.71. The molecule has 1 aromatic heterocycles. The van der Waals surface area contributed by atoms with Crippen molar-refractivity contribution < 1.29 is 4.42 Å². The van der Waals surface area contributed by atoms with Gasteiger partial charge in [-0.3, -0.25) is 0 Å². The first-order chi connectivity index (χ1) is 7.83. The number of fused-ring (bicyclic) bond motifs is 1. The average molecular weight is 216 g/mol. The summed E-state index contributed by atoms with van der Waals surface area (Å²) < 4.78 is 5.57. The second-order valence-electron chi connectivity index (χ2n) is 4.48. The second-order valence-corrected chi connectivity index (χ2v) is 4.48. The molecule has 1 fully saturated rings. The molecule has 0 bridgehead atoms. The minimum absolute atomic E-state index is 0.677. The normalized spacial score (nSPS) is 18.1. The van der Waals surface area contributed by atoms with Crippen molar-refractivity contribution in [3.8, 4) is 0 Å². The van der Waals surface area contributed by atoms with Crippen LogP contribution in [0.5, 0.6) is 0 Å². The van der Waals surface area contributed by atoms with Crippen molar-refractivity contribution in [2.24, 2.45) is 0 Å². The number of hydrogen-bond donors (Lipinski definition) is 1. The molecule has 3 nitrogen and oxygen atoms in total. The molecule has 3 rings (SSSR count). The predicted molar refractivity (Wildman–Crippen MR) is 63.6 cm³/mol. The van der Waals surface area contributed by atoms with Crippen LogP contribution in [0.15, 0.2) is 22.6 Å². The molecule has 0 unspecified atom stereocenters. The number of aryl methyl sites for hydroxylation is 1. The summed E-state index contributed by atoms with van der Waals surface area (Å²) in [7, 11) is 0. The number of oxazole rings is 1. The Labute approximate surface area is 94.9 Å². The highest BCUT2D eigenvalue weighted by Gasteiger charge is 2.16. The molecule has 0 amide bonds. The quantitative estimate of drug-likeness (QED) is 0.796. The lowest BCUT2D eigenvalue weighted by molar-refractivity contribution is 0.460. The van der Waals surface area contributed by atoms with Gasteiger partial charge in [-0.2, -0.15) is 0 Å². The highest BCUT2D eigenvalue weighted by molar-refractivity contribution is 5.73. The summed E-state index contributed by atoms with van der Waals surface area (Å²) >= 11 is 0. The minimum atomic E-state index is 0.677. The van der Waals surface area contributed by atoms with Crippen molar-refractivity contribution in [2.75, 3.05) is 13.1 Å². The molecule has 0 atom stereocenters.